The fourth-order valence-corrected chi connectivity index (χ4v) is 6.10. The van der Waals surface area contributed by atoms with E-state index in [1.165, 1.54) is 30.6 Å². The molecule has 1 aliphatic rings. The first-order valence-corrected chi connectivity index (χ1v) is 13.0. The van der Waals surface area contributed by atoms with Crippen LogP contribution in [0.15, 0.2) is 53.4 Å². The molecule has 2 aromatic heterocycles. The Morgan fingerprint density at radius 1 is 1.15 bits per heavy atom. The molecule has 1 N–H and O–H groups in total. The highest BCUT2D eigenvalue weighted by Crippen LogP contribution is 2.33. The molecule has 0 saturated heterocycles. The number of fused-ring (bicyclic) bond motifs is 2. The minimum absolute atomic E-state index is 0.159. The largest absolute Gasteiger partial charge is 0.497 e. The van der Waals surface area contributed by atoms with Crippen molar-refractivity contribution in [2.45, 2.75) is 30.6 Å². The van der Waals surface area contributed by atoms with Crippen molar-refractivity contribution in [3.05, 3.63) is 59.8 Å². The Morgan fingerprint density at radius 3 is 2.70 bits per heavy atom. The number of aryl methyl sites for hydroxylation is 1. The molecule has 0 radical (unpaired) electrons. The quantitative estimate of drug-likeness (QED) is 0.430. The molecule has 4 aromatic rings. The highest BCUT2D eigenvalue weighted by atomic mass is 32.2. The summed E-state index contributed by atoms with van der Waals surface area (Å²) in [6.45, 7) is 0. The van der Waals surface area contributed by atoms with Crippen molar-refractivity contribution in [2.24, 2.45) is 0 Å². The van der Waals surface area contributed by atoms with E-state index >= 15 is 0 Å². The number of anilines is 1. The van der Waals surface area contributed by atoms with Gasteiger partial charge in [-0.05, 0) is 55.7 Å². The molecule has 1 aliphatic carbocycles. The summed E-state index contributed by atoms with van der Waals surface area (Å²) in [5.41, 5.74) is 2.83. The second-order valence-electron chi connectivity index (χ2n) is 7.80. The van der Waals surface area contributed by atoms with Crippen LogP contribution in [0, 0.1) is 0 Å². The van der Waals surface area contributed by atoms with Gasteiger partial charge in [0.1, 0.15) is 11.6 Å². The Bertz CT molecular complexity index is 1410. The first-order chi connectivity index (χ1) is 15.9. The van der Waals surface area contributed by atoms with Gasteiger partial charge in [0.05, 0.1) is 33.7 Å². The van der Waals surface area contributed by atoms with E-state index < -0.39 is 9.84 Å². The predicted octanol–water partition coefficient (Wildman–Crippen LogP) is 3.78. The molecule has 0 fully saturated rings. The SMILES string of the molecule is COc1ccc(S(=O)(=O)CCC(=O)Nc2c3c(nn2-c2nc4ccccc4s2)CCC3)cc1. The fourth-order valence-electron chi connectivity index (χ4n) is 3.93. The van der Waals surface area contributed by atoms with Crippen molar-refractivity contribution in [3.8, 4) is 10.9 Å². The number of carbonyl (C=O) groups excluding carboxylic acids is 1. The predicted molar refractivity (Wildman–Crippen MR) is 127 cm³/mol. The van der Waals surface area contributed by atoms with Gasteiger partial charge in [-0.3, -0.25) is 4.79 Å². The topological polar surface area (TPSA) is 103 Å². The molecule has 1 amide bonds. The van der Waals surface area contributed by atoms with Crippen LogP contribution in [0.2, 0.25) is 0 Å². The molecule has 170 valence electrons. The number of hydrogen-bond acceptors (Lipinski definition) is 7. The smallest absolute Gasteiger partial charge is 0.226 e. The average molecular weight is 483 g/mol. The van der Waals surface area contributed by atoms with Gasteiger partial charge in [-0.25, -0.2) is 13.4 Å². The molecular weight excluding hydrogens is 460 g/mol. The molecule has 2 heterocycles. The van der Waals surface area contributed by atoms with Crippen LogP contribution < -0.4 is 10.1 Å². The second-order valence-corrected chi connectivity index (χ2v) is 10.9. The third kappa shape index (κ3) is 4.23. The Hall–Kier alpha value is -3.24. The van der Waals surface area contributed by atoms with Crippen molar-refractivity contribution >= 4 is 43.1 Å². The first kappa shape index (κ1) is 21.6. The van der Waals surface area contributed by atoms with Crippen molar-refractivity contribution in [1.82, 2.24) is 14.8 Å². The van der Waals surface area contributed by atoms with Gasteiger partial charge in [-0.2, -0.15) is 9.78 Å². The minimum atomic E-state index is -3.60. The van der Waals surface area contributed by atoms with E-state index in [1.807, 2.05) is 24.3 Å². The van der Waals surface area contributed by atoms with Gasteiger partial charge in [-0.1, -0.05) is 23.5 Å². The van der Waals surface area contributed by atoms with Gasteiger partial charge in [-0.15, -0.1) is 0 Å². The van der Waals surface area contributed by atoms with Crippen LogP contribution in [0.4, 0.5) is 5.82 Å². The van der Waals surface area contributed by atoms with Gasteiger partial charge in [0.25, 0.3) is 0 Å². The summed E-state index contributed by atoms with van der Waals surface area (Å²) in [5.74, 6) is 0.504. The van der Waals surface area contributed by atoms with E-state index in [1.54, 1.807) is 16.8 Å². The van der Waals surface area contributed by atoms with Crippen molar-refractivity contribution in [3.63, 3.8) is 0 Å². The summed E-state index contributed by atoms with van der Waals surface area (Å²) in [4.78, 5) is 17.6. The average Bonchev–Trinajstić information content (AvgIpc) is 3.53. The third-order valence-electron chi connectivity index (χ3n) is 5.65. The highest BCUT2D eigenvalue weighted by Gasteiger charge is 2.26. The van der Waals surface area contributed by atoms with Gasteiger partial charge in [0.2, 0.25) is 11.0 Å². The summed E-state index contributed by atoms with van der Waals surface area (Å²) >= 11 is 1.50. The standard InChI is InChI=1S/C23H22N4O4S2/c1-31-15-9-11-16(12-10-15)33(29,30)14-13-21(28)25-22-17-5-4-7-18(17)26-27(22)23-24-19-6-2-3-8-20(19)32-23/h2-3,6,8-12H,4-5,7,13-14H2,1H3,(H,25,28). The number of benzene rings is 2. The lowest BCUT2D eigenvalue weighted by Gasteiger charge is -2.10. The second kappa shape index (κ2) is 8.60. The number of thiazole rings is 1. The highest BCUT2D eigenvalue weighted by molar-refractivity contribution is 7.91. The first-order valence-electron chi connectivity index (χ1n) is 10.6. The third-order valence-corrected chi connectivity index (χ3v) is 8.39. The zero-order chi connectivity index (χ0) is 23.0. The van der Waals surface area contributed by atoms with Crippen molar-refractivity contribution in [2.75, 3.05) is 18.2 Å². The molecular formula is C23H22N4O4S2. The van der Waals surface area contributed by atoms with Crippen molar-refractivity contribution < 1.29 is 17.9 Å². The van der Waals surface area contributed by atoms with Crippen LogP contribution >= 0.6 is 11.3 Å². The van der Waals surface area contributed by atoms with Crippen LogP contribution in [-0.2, 0) is 27.5 Å². The Balaban J connectivity index is 1.36. The summed E-state index contributed by atoms with van der Waals surface area (Å²) in [6, 6.07) is 14.0. The zero-order valence-electron chi connectivity index (χ0n) is 17.9. The monoisotopic (exact) mass is 482 g/mol. The van der Waals surface area contributed by atoms with Gasteiger partial charge in [0.15, 0.2) is 9.84 Å². The van der Waals surface area contributed by atoms with E-state index in [2.05, 4.69) is 10.3 Å². The van der Waals surface area contributed by atoms with Gasteiger partial charge >= 0.3 is 0 Å². The number of aromatic nitrogens is 3. The van der Waals surface area contributed by atoms with Crippen LogP contribution in [0.5, 0.6) is 5.75 Å². The summed E-state index contributed by atoms with van der Waals surface area (Å²) < 4.78 is 33.1. The number of nitrogens with one attached hydrogen (secondary N) is 1. The molecule has 0 spiro atoms. The van der Waals surface area contributed by atoms with E-state index in [0.717, 1.165) is 40.7 Å². The van der Waals surface area contributed by atoms with E-state index in [4.69, 9.17) is 9.84 Å². The maximum Gasteiger partial charge on any atom is 0.226 e. The molecule has 8 nitrogen and oxygen atoms in total. The number of para-hydroxylation sites is 1. The van der Waals surface area contributed by atoms with Crippen LogP contribution in [0.3, 0.4) is 0 Å². The summed E-state index contributed by atoms with van der Waals surface area (Å²) in [7, 11) is -2.08. The van der Waals surface area contributed by atoms with E-state index in [-0.39, 0.29) is 23.0 Å². The molecule has 10 heteroatoms. The maximum absolute atomic E-state index is 12.8. The maximum atomic E-state index is 12.8. The number of hydrogen-bond donors (Lipinski definition) is 1. The lowest BCUT2D eigenvalue weighted by molar-refractivity contribution is -0.115. The number of ether oxygens (including phenoxy) is 1. The van der Waals surface area contributed by atoms with Gasteiger partial charge < -0.3 is 10.1 Å². The minimum Gasteiger partial charge on any atom is -0.497 e. The van der Waals surface area contributed by atoms with Crippen LogP contribution in [-0.4, -0.2) is 42.0 Å². The molecule has 0 saturated carbocycles. The number of carbonyl (C=O) groups is 1. The van der Waals surface area contributed by atoms with E-state index in [0.29, 0.717) is 16.7 Å². The summed E-state index contributed by atoms with van der Waals surface area (Å²) in [6.07, 6.45) is 2.49. The number of nitrogens with zero attached hydrogens (tertiary/aromatic N) is 3. The molecule has 0 aliphatic heterocycles. The number of methoxy groups -OCH3 is 1. The van der Waals surface area contributed by atoms with Crippen LogP contribution in [0.1, 0.15) is 24.1 Å². The fraction of sp³-hybridized carbons (Fsp3) is 0.261. The Morgan fingerprint density at radius 2 is 1.94 bits per heavy atom. The molecule has 33 heavy (non-hydrogen) atoms. The van der Waals surface area contributed by atoms with Gasteiger partial charge in [0, 0.05) is 12.0 Å². The van der Waals surface area contributed by atoms with Crippen molar-refractivity contribution in [1.29, 1.82) is 0 Å². The molecule has 5 rings (SSSR count). The Kier molecular flexibility index (Phi) is 5.63. The summed E-state index contributed by atoms with van der Waals surface area (Å²) in [5, 5.41) is 8.29. The number of sulfone groups is 1. The lowest BCUT2D eigenvalue weighted by Crippen LogP contribution is -2.20. The normalized spacial score (nSPS) is 13.2. The number of rotatable bonds is 7. The molecule has 0 unspecified atom stereocenters. The van der Waals surface area contributed by atoms with E-state index in [9.17, 15) is 13.2 Å². The van der Waals surface area contributed by atoms with Crippen LogP contribution in [0.25, 0.3) is 15.3 Å². The zero-order valence-corrected chi connectivity index (χ0v) is 19.6. The molecule has 0 atom stereocenters. The number of amides is 1. The Labute approximate surface area is 195 Å². The molecule has 0 bridgehead atoms. The molecule has 2 aromatic carbocycles. The lowest BCUT2D eigenvalue weighted by atomic mass is 10.2.